The highest BCUT2D eigenvalue weighted by Gasteiger charge is 2.56. The maximum atomic E-state index is 12.5. The van der Waals surface area contributed by atoms with E-state index in [0.717, 1.165) is 25.2 Å². The van der Waals surface area contributed by atoms with Gasteiger partial charge in [0.25, 0.3) is 0 Å². The molecular formula is C17H30O2. The van der Waals surface area contributed by atoms with Crippen LogP contribution in [0.2, 0.25) is 0 Å². The Bertz CT molecular complexity index is 347. The fourth-order valence-corrected chi connectivity index (χ4v) is 3.95. The van der Waals surface area contributed by atoms with Crippen LogP contribution >= 0.6 is 0 Å². The molecule has 110 valence electrons. The fourth-order valence-electron chi connectivity index (χ4n) is 3.95. The summed E-state index contributed by atoms with van der Waals surface area (Å²) in [5, 5.41) is 0. The van der Waals surface area contributed by atoms with Crippen molar-refractivity contribution in [3.05, 3.63) is 0 Å². The molecule has 0 N–H and O–H groups in total. The summed E-state index contributed by atoms with van der Waals surface area (Å²) in [6, 6.07) is 0. The topological polar surface area (TPSA) is 26.3 Å². The van der Waals surface area contributed by atoms with Crippen LogP contribution in [0.5, 0.6) is 0 Å². The van der Waals surface area contributed by atoms with E-state index < -0.39 is 0 Å². The van der Waals surface area contributed by atoms with E-state index in [0.29, 0.717) is 11.8 Å². The van der Waals surface area contributed by atoms with Gasteiger partial charge in [-0.1, -0.05) is 20.8 Å². The van der Waals surface area contributed by atoms with Gasteiger partial charge in [-0.05, 0) is 70.1 Å². The number of fused-ring (bicyclic) bond motifs is 2. The molecule has 2 bridgehead atoms. The number of esters is 1. The Morgan fingerprint density at radius 1 is 1.37 bits per heavy atom. The van der Waals surface area contributed by atoms with Crippen LogP contribution in [0.1, 0.15) is 73.1 Å². The van der Waals surface area contributed by atoms with Gasteiger partial charge in [-0.3, -0.25) is 4.79 Å². The van der Waals surface area contributed by atoms with Crippen LogP contribution in [0.15, 0.2) is 0 Å². The Morgan fingerprint density at radius 2 is 2.05 bits per heavy atom. The second-order valence-electron chi connectivity index (χ2n) is 7.47. The van der Waals surface area contributed by atoms with Crippen molar-refractivity contribution in [2.75, 3.05) is 0 Å². The molecule has 0 aromatic carbocycles. The molecule has 0 aliphatic heterocycles. The van der Waals surface area contributed by atoms with Gasteiger partial charge >= 0.3 is 5.97 Å². The molecule has 2 aliphatic carbocycles. The first kappa shape index (κ1) is 14.9. The summed E-state index contributed by atoms with van der Waals surface area (Å²) in [6.07, 6.45) is 6.94. The van der Waals surface area contributed by atoms with Gasteiger partial charge in [-0.25, -0.2) is 0 Å². The molecule has 2 nitrogen and oxygen atoms in total. The summed E-state index contributed by atoms with van der Waals surface area (Å²) in [6.45, 7) is 10.6. The van der Waals surface area contributed by atoms with Crippen LogP contribution in [0.3, 0.4) is 0 Å². The molecule has 2 aliphatic rings. The van der Waals surface area contributed by atoms with E-state index in [1.165, 1.54) is 19.3 Å². The van der Waals surface area contributed by atoms with Gasteiger partial charge in [-0.15, -0.1) is 0 Å². The van der Waals surface area contributed by atoms with Gasteiger partial charge in [0.05, 0.1) is 5.41 Å². The Balaban J connectivity index is 2.19. The second-order valence-corrected chi connectivity index (χ2v) is 7.47. The number of carbonyl (C=O) groups is 1. The fraction of sp³-hybridized carbons (Fsp3) is 0.941. The number of carbonyl (C=O) groups excluding carboxylic acids is 1. The molecule has 4 atom stereocenters. The summed E-state index contributed by atoms with van der Waals surface area (Å²) in [5.41, 5.74) is -0.497. The maximum absolute atomic E-state index is 12.5. The zero-order chi connectivity index (χ0) is 14.3. The molecule has 2 fully saturated rings. The lowest BCUT2D eigenvalue weighted by atomic mass is 9.74. The van der Waals surface area contributed by atoms with Crippen molar-refractivity contribution >= 4 is 5.97 Å². The molecule has 2 rings (SSSR count). The SMILES string of the molecule is CCC(C)C1(OC(=O)C(C)(C)CC)CC2CCC1C2. The third-order valence-electron chi connectivity index (χ3n) is 6.01. The zero-order valence-electron chi connectivity index (χ0n) is 13.3. The highest BCUT2D eigenvalue weighted by molar-refractivity contribution is 5.76. The van der Waals surface area contributed by atoms with Gasteiger partial charge < -0.3 is 4.74 Å². The normalized spacial score (nSPS) is 35.4. The molecule has 0 aromatic heterocycles. The molecule has 19 heavy (non-hydrogen) atoms. The minimum atomic E-state index is -0.345. The van der Waals surface area contributed by atoms with Crippen molar-refractivity contribution in [2.45, 2.75) is 78.7 Å². The van der Waals surface area contributed by atoms with E-state index in [1.54, 1.807) is 0 Å². The number of hydrogen-bond donors (Lipinski definition) is 0. The summed E-state index contributed by atoms with van der Waals surface area (Å²) in [5.74, 6) is 1.92. The van der Waals surface area contributed by atoms with Gasteiger partial charge in [0, 0.05) is 0 Å². The van der Waals surface area contributed by atoms with Gasteiger partial charge in [0.15, 0.2) is 0 Å². The average Bonchev–Trinajstić information content (AvgIpc) is 2.98. The molecule has 4 unspecified atom stereocenters. The Kier molecular flexibility index (Phi) is 3.99. The Morgan fingerprint density at radius 3 is 2.47 bits per heavy atom. The highest BCUT2D eigenvalue weighted by Crippen LogP contribution is 2.56. The molecule has 0 aromatic rings. The number of hydrogen-bond acceptors (Lipinski definition) is 2. The molecular weight excluding hydrogens is 236 g/mol. The van der Waals surface area contributed by atoms with E-state index in [4.69, 9.17) is 4.74 Å². The Labute approximate surface area is 118 Å². The minimum absolute atomic E-state index is 0.0165. The summed E-state index contributed by atoms with van der Waals surface area (Å²) in [7, 11) is 0. The van der Waals surface area contributed by atoms with Crippen molar-refractivity contribution < 1.29 is 9.53 Å². The lowest BCUT2D eigenvalue weighted by Crippen LogP contribution is -2.48. The molecule has 2 saturated carbocycles. The van der Waals surface area contributed by atoms with E-state index in [-0.39, 0.29) is 17.0 Å². The van der Waals surface area contributed by atoms with Gasteiger partial charge in [-0.2, -0.15) is 0 Å². The Hall–Kier alpha value is -0.530. The van der Waals surface area contributed by atoms with Crippen LogP contribution in [0.4, 0.5) is 0 Å². The smallest absolute Gasteiger partial charge is 0.312 e. The quantitative estimate of drug-likeness (QED) is 0.681. The van der Waals surface area contributed by atoms with Crippen LogP contribution in [0, 0.1) is 23.2 Å². The lowest BCUT2D eigenvalue weighted by molar-refractivity contribution is -0.185. The number of rotatable bonds is 5. The lowest BCUT2D eigenvalue weighted by Gasteiger charge is -2.43. The predicted octanol–water partition coefficient (Wildman–Crippen LogP) is 4.57. The van der Waals surface area contributed by atoms with Crippen molar-refractivity contribution in [2.24, 2.45) is 23.2 Å². The van der Waals surface area contributed by atoms with Crippen molar-refractivity contribution in [1.82, 2.24) is 0 Å². The third kappa shape index (κ3) is 2.43. The van der Waals surface area contributed by atoms with E-state index in [9.17, 15) is 4.79 Å². The predicted molar refractivity (Wildman–Crippen MR) is 77.8 cm³/mol. The van der Waals surface area contributed by atoms with Crippen molar-refractivity contribution in [3.63, 3.8) is 0 Å². The molecule has 0 radical (unpaired) electrons. The first-order valence-electron chi connectivity index (χ1n) is 8.09. The molecule has 0 spiro atoms. The van der Waals surface area contributed by atoms with Crippen LogP contribution in [-0.2, 0) is 9.53 Å². The number of ether oxygens (including phenoxy) is 1. The van der Waals surface area contributed by atoms with E-state index >= 15 is 0 Å². The standard InChI is InChI=1S/C17H30O2/c1-6-12(3)17(11-13-8-9-14(17)10-13)19-15(18)16(4,5)7-2/h12-14H,6-11H2,1-5H3. The van der Waals surface area contributed by atoms with Crippen molar-refractivity contribution in [1.29, 1.82) is 0 Å². The maximum Gasteiger partial charge on any atom is 0.312 e. The van der Waals surface area contributed by atoms with E-state index in [2.05, 4.69) is 20.8 Å². The summed E-state index contributed by atoms with van der Waals surface area (Å²) in [4.78, 5) is 12.5. The van der Waals surface area contributed by atoms with Crippen LogP contribution in [-0.4, -0.2) is 11.6 Å². The van der Waals surface area contributed by atoms with Crippen LogP contribution < -0.4 is 0 Å². The summed E-state index contributed by atoms with van der Waals surface area (Å²) >= 11 is 0. The first-order valence-corrected chi connectivity index (χ1v) is 8.09. The van der Waals surface area contributed by atoms with E-state index in [1.807, 2.05) is 13.8 Å². The third-order valence-corrected chi connectivity index (χ3v) is 6.01. The van der Waals surface area contributed by atoms with Gasteiger partial charge in [0.1, 0.15) is 5.60 Å². The average molecular weight is 266 g/mol. The molecule has 0 heterocycles. The first-order chi connectivity index (χ1) is 8.85. The molecule has 0 amide bonds. The largest absolute Gasteiger partial charge is 0.458 e. The van der Waals surface area contributed by atoms with Gasteiger partial charge in [0.2, 0.25) is 0 Å². The highest BCUT2D eigenvalue weighted by atomic mass is 16.6. The monoisotopic (exact) mass is 266 g/mol. The summed E-state index contributed by atoms with van der Waals surface area (Å²) < 4.78 is 6.20. The molecule has 0 saturated heterocycles. The minimum Gasteiger partial charge on any atom is -0.458 e. The van der Waals surface area contributed by atoms with Crippen molar-refractivity contribution in [3.8, 4) is 0 Å². The molecule has 2 heteroatoms. The van der Waals surface area contributed by atoms with Crippen LogP contribution in [0.25, 0.3) is 0 Å². The zero-order valence-corrected chi connectivity index (χ0v) is 13.3. The second kappa shape index (κ2) is 5.10.